The van der Waals surface area contributed by atoms with Crippen molar-refractivity contribution in [2.75, 3.05) is 0 Å². The van der Waals surface area contributed by atoms with Crippen LogP contribution in [-0.4, -0.2) is 19.6 Å². The Morgan fingerprint density at radius 1 is 0.742 bits per heavy atom. The van der Waals surface area contributed by atoms with Crippen molar-refractivity contribution in [3.63, 3.8) is 0 Å². The van der Waals surface area contributed by atoms with Crippen LogP contribution in [0.15, 0.2) is 133 Å². The molecule has 0 aliphatic heterocycles. The monoisotopic (exact) mass is 1010 g/mol. The largest absolute Gasteiger partial charge is 0.507 e. The summed E-state index contributed by atoms with van der Waals surface area (Å²) in [6, 6.07) is 30.0. The van der Waals surface area contributed by atoms with E-state index in [9.17, 15) is 6.48 Å². The smallest absolute Gasteiger partial charge is 0.148 e. The molecule has 5 heteroatoms. The summed E-state index contributed by atoms with van der Waals surface area (Å²) >= 11 is 0. The van der Waals surface area contributed by atoms with Crippen LogP contribution in [0.4, 0.5) is 0 Å². The number of phenols is 1. The maximum atomic E-state index is 12.3. The van der Waals surface area contributed by atoms with E-state index in [0.29, 0.717) is 33.9 Å². The number of hydrogen-bond donors (Lipinski definition) is 1. The Morgan fingerprint density at radius 2 is 1.48 bits per heavy atom. The fraction of sp³-hybridized carbons (Fsp3) is 0.263. The standard InChI is InChI=1S/C57H58N3O.Pt/c1-35(2)27-43-31-47(23-24-48(43)40-15-12-11-13-16-40)60-53-18-14-17-49(54(53)59-56(60)51-33-42(36(3)4)32-50(37(5)6)55(51)61)44-28-45(30-46(29-44)57(8,9)10)52-34-41(25-26-58-52)39-21-19-38(7)20-22-39;/h11-26,29-37,61H,27H2,1-10H3;/q-1;/i7D3,19D,20D,21D,22D,25D,26D,34D;. The molecule has 0 radical (unpaired) electrons. The maximum absolute atomic E-state index is 12.3. The van der Waals surface area contributed by atoms with Gasteiger partial charge in [-0.25, -0.2) is 4.98 Å². The molecule has 0 atom stereocenters. The first-order valence-corrected chi connectivity index (χ1v) is 21.0. The molecule has 0 saturated heterocycles. The van der Waals surface area contributed by atoms with Crippen LogP contribution in [0.1, 0.15) is 116 Å². The molecule has 2 aromatic heterocycles. The van der Waals surface area contributed by atoms with Crippen LogP contribution >= 0.6 is 0 Å². The minimum Gasteiger partial charge on any atom is -0.507 e. The van der Waals surface area contributed by atoms with E-state index in [2.05, 4.69) is 93.6 Å². The summed E-state index contributed by atoms with van der Waals surface area (Å²) in [6.45, 7) is 15.9. The van der Waals surface area contributed by atoms with E-state index in [0.717, 1.165) is 45.4 Å². The summed E-state index contributed by atoms with van der Waals surface area (Å²) in [5, 5.41) is 12.3. The van der Waals surface area contributed by atoms with Crippen LogP contribution < -0.4 is 0 Å². The van der Waals surface area contributed by atoms with Gasteiger partial charge in [0.15, 0.2) is 0 Å². The van der Waals surface area contributed by atoms with Crippen molar-refractivity contribution in [1.29, 1.82) is 0 Å². The van der Waals surface area contributed by atoms with Gasteiger partial charge in [-0.1, -0.05) is 164 Å². The Morgan fingerprint density at radius 3 is 2.16 bits per heavy atom. The van der Waals surface area contributed by atoms with E-state index < -0.39 is 65.8 Å². The minimum absolute atomic E-state index is 0. The molecule has 2 heterocycles. The molecule has 1 N–H and O–H groups in total. The predicted octanol–water partition coefficient (Wildman–Crippen LogP) is 15.3. The number of rotatable bonds is 10. The van der Waals surface area contributed by atoms with Crippen molar-refractivity contribution in [3.8, 4) is 67.5 Å². The molecule has 4 nitrogen and oxygen atoms in total. The number of nitrogens with zero attached hydrogens (tertiary/aromatic N) is 3. The summed E-state index contributed by atoms with van der Waals surface area (Å²) in [5.41, 5.74) is 8.25. The van der Waals surface area contributed by atoms with Crippen LogP contribution in [0.2, 0.25) is 0 Å². The number of para-hydroxylation sites is 1. The van der Waals surface area contributed by atoms with Crippen molar-refractivity contribution in [2.45, 2.75) is 92.8 Å². The molecular weight excluding hydrogens is 938 g/mol. The summed E-state index contributed by atoms with van der Waals surface area (Å²) in [5.74, 6) is 1.21. The molecule has 62 heavy (non-hydrogen) atoms. The third kappa shape index (κ3) is 8.99. The molecule has 0 unspecified atom stereocenters. The van der Waals surface area contributed by atoms with Crippen molar-refractivity contribution in [3.05, 3.63) is 167 Å². The average molecular weight is 1010 g/mol. The second-order valence-electron chi connectivity index (χ2n) is 18.0. The second kappa shape index (κ2) is 18.0. The maximum Gasteiger partial charge on any atom is 0.148 e. The molecule has 0 aliphatic carbocycles. The molecule has 8 aromatic rings. The molecule has 8 rings (SSSR count). The van der Waals surface area contributed by atoms with Gasteiger partial charge in [0.05, 0.1) is 26.2 Å². The van der Waals surface area contributed by atoms with Gasteiger partial charge in [-0.05, 0) is 106 Å². The summed E-state index contributed by atoms with van der Waals surface area (Å²) in [7, 11) is 0. The number of benzene rings is 6. The fourth-order valence-electron chi connectivity index (χ4n) is 7.89. The summed E-state index contributed by atoms with van der Waals surface area (Å²) in [6.07, 6.45) is 0.237. The fourth-order valence-corrected chi connectivity index (χ4v) is 7.89. The number of phenolic OH excluding ortho intramolecular Hbond substituents is 1. The SMILES string of the molecule is [2H]c1nc(-c2[c-]c(-c3cccc4c3nc(-c3cc(C(C)C)cc(C(C)C)c3O)n4-c3ccc(-c4ccccc4)c(CC(C)C)c3)cc(C(C)(C)C)c2)c([2H])c(-c2c([2H])c([2H])c(C([2H])([2H])[2H])c([2H])c2[2H])c1[2H].[Pt]. The minimum atomic E-state index is -2.96. The van der Waals surface area contributed by atoms with Gasteiger partial charge in [0.2, 0.25) is 0 Å². The molecule has 0 saturated carbocycles. The summed E-state index contributed by atoms with van der Waals surface area (Å²) in [4.78, 5) is 9.90. The first kappa shape index (κ1) is 33.0. The zero-order chi connectivity index (χ0) is 51.8. The topological polar surface area (TPSA) is 50.9 Å². The van der Waals surface area contributed by atoms with Crippen LogP contribution in [0.5, 0.6) is 5.75 Å². The molecular formula is C57H58N3OPt-. The van der Waals surface area contributed by atoms with Gasteiger partial charge in [0.1, 0.15) is 11.6 Å². The van der Waals surface area contributed by atoms with Gasteiger partial charge in [-0.3, -0.25) is 9.55 Å². The Balaban J connectivity index is 0.00000760. The van der Waals surface area contributed by atoms with Gasteiger partial charge in [-0.2, -0.15) is 0 Å². The number of fused-ring (bicyclic) bond motifs is 1. The molecule has 0 aliphatic rings. The predicted molar refractivity (Wildman–Crippen MR) is 257 cm³/mol. The van der Waals surface area contributed by atoms with Crippen molar-refractivity contribution in [1.82, 2.24) is 14.5 Å². The van der Waals surface area contributed by atoms with Crippen molar-refractivity contribution >= 4 is 11.0 Å². The third-order valence-electron chi connectivity index (χ3n) is 11.2. The Kier molecular flexibility index (Phi) is 9.61. The quantitative estimate of drug-likeness (QED) is 0.139. The number of aromatic hydroxyl groups is 1. The molecule has 318 valence electrons. The average Bonchev–Trinajstić information content (AvgIpc) is 3.69. The molecule has 6 aromatic carbocycles. The number of imidazole rings is 1. The van der Waals surface area contributed by atoms with Gasteiger partial charge in [-0.15, -0.1) is 29.3 Å². The molecule has 0 amide bonds. The van der Waals surface area contributed by atoms with Gasteiger partial charge in [0.25, 0.3) is 0 Å². The normalized spacial score (nSPS) is 14.3. The van der Waals surface area contributed by atoms with Crippen LogP contribution in [0, 0.1) is 18.8 Å². The Labute approximate surface area is 397 Å². The number of aromatic nitrogens is 3. The van der Waals surface area contributed by atoms with Crippen molar-refractivity contribution in [2.24, 2.45) is 5.92 Å². The molecule has 0 fully saturated rings. The van der Waals surface area contributed by atoms with Gasteiger partial charge >= 0.3 is 0 Å². The van der Waals surface area contributed by atoms with E-state index in [1.54, 1.807) is 6.07 Å². The molecule has 0 bridgehead atoms. The van der Waals surface area contributed by atoms with Crippen LogP contribution in [0.25, 0.3) is 72.7 Å². The van der Waals surface area contributed by atoms with Crippen LogP contribution in [0.3, 0.4) is 0 Å². The van der Waals surface area contributed by atoms with Gasteiger partial charge < -0.3 is 5.11 Å². The van der Waals surface area contributed by atoms with Crippen LogP contribution in [-0.2, 0) is 32.9 Å². The first-order chi connectivity index (χ1) is 33.3. The molecule has 0 spiro atoms. The Hall–Kier alpha value is -5.57. The zero-order valence-corrected chi connectivity index (χ0v) is 39.0. The van der Waals surface area contributed by atoms with E-state index in [1.165, 1.54) is 5.56 Å². The third-order valence-corrected chi connectivity index (χ3v) is 11.2. The van der Waals surface area contributed by atoms with E-state index in [-0.39, 0.29) is 55.5 Å². The van der Waals surface area contributed by atoms with E-state index in [4.69, 9.17) is 17.3 Å². The number of hydrogen-bond acceptors (Lipinski definition) is 3. The van der Waals surface area contributed by atoms with Crippen molar-refractivity contribution < 1.29 is 39.9 Å². The second-order valence-corrected chi connectivity index (χ2v) is 18.0. The number of pyridine rings is 1. The summed E-state index contributed by atoms with van der Waals surface area (Å²) < 4.78 is 88.1. The zero-order valence-electron chi connectivity index (χ0n) is 46.7. The Bertz CT molecular complexity index is 3360. The van der Waals surface area contributed by atoms with E-state index in [1.807, 2.05) is 69.3 Å². The first-order valence-electron chi connectivity index (χ1n) is 26.0. The van der Waals surface area contributed by atoms with Gasteiger partial charge in [0, 0.05) is 42.7 Å². The van der Waals surface area contributed by atoms with E-state index >= 15 is 0 Å².